The molecular formula is C34H50Br2O2. The predicted octanol–water partition coefficient (Wildman–Crippen LogP) is 10.2. The Hall–Kier alpha value is -0.350. The molecule has 4 aliphatic carbocycles. The van der Waals surface area contributed by atoms with Gasteiger partial charge in [0.15, 0.2) is 0 Å². The van der Waals surface area contributed by atoms with Crippen LogP contribution in [-0.4, -0.2) is 21.2 Å². The number of hydrogen-bond donors (Lipinski definition) is 0. The SMILES string of the molecule is CC(C)CCC[C@@H](C)[C@H]1CC[C@H]2[C@@H]3CC(Br)C4(Br)CC(OC(=O)c5ccccc5)CC[C@]4(C)[C@H]3CC[C@]12C. The number of carbonyl (C=O) groups is 1. The molecule has 10 atom stereocenters. The summed E-state index contributed by atoms with van der Waals surface area (Å²) in [6.45, 7) is 12.6. The lowest BCUT2D eigenvalue weighted by Gasteiger charge is -2.66. The Bertz CT molecular complexity index is 980. The minimum absolute atomic E-state index is 0.0248. The van der Waals surface area contributed by atoms with Gasteiger partial charge in [-0.1, -0.05) is 104 Å². The molecule has 1 aromatic carbocycles. The maximum atomic E-state index is 12.9. The Morgan fingerprint density at radius 3 is 2.45 bits per heavy atom. The Balaban J connectivity index is 1.29. The monoisotopic (exact) mass is 648 g/mol. The highest BCUT2D eigenvalue weighted by atomic mass is 79.9. The Labute approximate surface area is 249 Å². The molecule has 4 heteroatoms. The second kappa shape index (κ2) is 11.1. The van der Waals surface area contributed by atoms with Crippen molar-refractivity contribution in [3.63, 3.8) is 0 Å². The number of rotatable bonds is 7. The zero-order valence-electron chi connectivity index (χ0n) is 24.4. The molecular weight excluding hydrogens is 600 g/mol. The van der Waals surface area contributed by atoms with E-state index in [1.165, 1.54) is 51.4 Å². The highest BCUT2D eigenvalue weighted by molar-refractivity contribution is 9.12. The van der Waals surface area contributed by atoms with Crippen molar-refractivity contribution in [1.29, 1.82) is 0 Å². The minimum Gasteiger partial charge on any atom is -0.459 e. The van der Waals surface area contributed by atoms with E-state index < -0.39 is 0 Å². The molecule has 1 aromatic rings. The molecule has 0 saturated heterocycles. The number of benzene rings is 1. The fraction of sp³-hybridized carbons (Fsp3) is 0.794. The molecule has 0 spiro atoms. The van der Waals surface area contributed by atoms with Gasteiger partial charge in [-0.05, 0) is 103 Å². The van der Waals surface area contributed by atoms with Crippen molar-refractivity contribution in [2.24, 2.45) is 46.3 Å². The van der Waals surface area contributed by atoms with Gasteiger partial charge in [0.25, 0.3) is 0 Å². The number of fused-ring (bicyclic) bond motifs is 5. The maximum absolute atomic E-state index is 12.9. The first-order chi connectivity index (χ1) is 18.0. The van der Waals surface area contributed by atoms with Gasteiger partial charge in [-0.2, -0.15) is 0 Å². The molecule has 5 rings (SSSR count). The molecule has 3 unspecified atom stereocenters. The summed E-state index contributed by atoms with van der Waals surface area (Å²) in [7, 11) is 0. The van der Waals surface area contributed by atoms with Gasteiger partial charge in [0.2, 0.25) is 0 Å². The molecule has 4 saturated carbocycles. The molecule has 0 aliphatic heterocycles. The zero-order chi connectivity index (χ0) is 27.3. The van der Waals surface area contributed by atoms with Crippen molar-refractivity contribution < 1.29 is 9.53 Å². The smallest absolute Gasteiger partial charge is 0.338 e. The highest BCUT2D eigenvalue weighted by Gasteiger charge is 2.67. The largest absolute Gasteiger partial charge is 0.459 e. The number of carbonyl (C=O) groups excluding carboxylic acids is 1. The highest BCUT2D eigenvalue weighted by Crippen LogP contribution is 2.71. The van der Waals surface area contributed by atoms with Crippen LogP contribution in [-0.2, 0) is 4.74 Å². The van der Waals surface area contributed by atoms with Crippen molar-refractivity contribution in [2.75, 3.05) is 0 Å². The number of alkyl halides is 2. The first kappa shape index (κ1) is 29.2. The van der Waals surface area contributed by atoms with Gasteiger partial charge in [0.05, 0.1) is 5.56 Å². The first-order valence-electron chi connectivity index (χ1n) is 15.6. The van der Waals surface area contributed by atoms with Crippen LogP contribution in [0.1, 0.15) is 116 Å². The average molecular weight is 651 g/mol. The summed E-state index contributed by atoms with van der Waals surface area (Å²) in [5, 5.41) is 0. The van der Waals surface area contributed by atoms with Gasteiger partial charge in [-0.25, -0.2) is 4.79 Å². The van der Waals surface area contributed by atoms with E-state index in [1.807, 2.05) is 30.3 Å². The van der Waals surface area contributed by atoms with Gasteiger partial charge in [0, 0.05) is 15.6 Å². The molecule has 0 heterocycles. The molecule has 0 aromatic heterocycles. The van der Waals surface area contributed by atoms with Crippen LogP contribution in [0.25, 0.3) is 0 Å². The standard InChI is InChI=1S/C34H50Br2O2/c1-22(2)10-9-11-23(3)27-14-15-28-26-20-30(35)34(36)21-25(38-31(37)24-12-7-6-8-13-24)16-19-33(34,5)29(26)17-18-32(27,28)4/h6-8,12-13,22-23,25-30H,9-11,14-21H2,1-5H3/t23-,25?,26+,27-,28+,29+,30?,32-,33-,34?/m1/s1. The number of esters is 1. The first-order valence-corrected chi connectivity index (χ1v) is 17.3. The van der Waals surface area contributed by atoms with E-state index in [9.17, 15) is 4.79 Å². The normalized spacial score (nSPS) is 43.2. The maximum Gasteiger partial charge on any atom is 0.338 e. The summed E-state index contributed by atoms with van der Waals surface area (Å²) in [5.41, 5.74) is 1.39. The number of hydrogen-bond acceptors (Lipinski definition) is 2. The van der Waals surface area contributed by atoms with E-state index in [0.717, 1.165) is 54.8 Å². The molecule has 4 fully saturated rings. The third-order valence-corrected chi connectivity index (χ3v) is 15.7. The summed E-state index contributed by atoms with van der Waals surface area (Å²) in [6, 6.07) is 9.48. The fourth-order valence-electron chi connectivity index (χ4n) is 10.1. The lowest BCUT2D eigenvalue weighted by atomic mass is 9.44. The van der Waals surface area contributed by atoms with E-state index >= 15 is 0 Å². The van der Waals surface area contributed by atoms with E-state index in [1.54, 1.807) is 0 Å². The molecule has 0 amide bonds. The van der Waals surface area contributed by atoms with Gasteiger partial charge in [0.1, 0.15) is 6.10 Å². The van der Waals surface area contributed by atoms with Gasteiger partial charge >= 0.3 is 5.97 Å². The van der Waals surface area contributed by atoms with Crippen molar-refractivity contribution >= 4 is 37.8 Å². The quantitative estimate of drug-likeness (QED) is 0.217. The van der Waals surface area contributed by atoms with Crippen LogP contribution < -0.4 is 0 Å². The van der Waals surface area contributed by atoms with Crippen molar-refractivity contribution in [1.82, 2.24) is 0 Å². The fourth-order valence-corrected chi connectivity index (χ4v) is 12.2. The summed E-state index contributed by atoms with van der Waals surface area (Å²) in [4.78, 5) is 13.3. The minimum atomic E-state index is -0.178. The molecule has 0 N–H and O–H groups in total. The van der Waals surface area contributed by atoms with Gasteiger partial charge in [-0.15, -0.1) is 0 Å². The van der Waals surface area contributed by atoms with Crippen LogP contribution in [0.4, 0.5) is 0 Å². The molecule has 212 valence electrons. The lowest BCUT2D eigenvalue weighted by molar-refractivity contribution is -0.112. The molecule has 2 nitrogen and oxygen atoms in total. The van der Waals surface area contributed by atoms with Crippen LogP contribution in [0.5, 0.6) is 0 Å². The Morgan fingerprint density at radius 1 is 1.00 bits per heavy atom. The van der Waals surface area contributed by atoms with Crippen molar-refractivity contribution in [3.05, 3.63) is 35.9 Å². The van der Waals surface area contributed by atoms with Gasteiger partial charge < -0.3 is 4.74 Å². The average Bonchev–Trinajstić information content (AvgIpc) is 3.23. The second-order valence-electron chi connectivity index (χ2n) is 14.5. The number of halogens is 2. The van der Waals surface area contributed by atoms with Crippen LogP contribution in [0.2, 0.25) is 0 Å². The molecule has 0 bridgehead atoms. The van der Waals surface area contributed by atoms with Gasteiger partial charge in [-0.3, -0.25) is 0 Å². The number of ether oxygens (including phenoxy) is 1. The van der Waals surface area contributed by atoms with E-state index in [-0.39, 0.29) is 21.8 Å². The summed E-state index contributed by atoms with van der Waals surface area (Å²) < 4.78 is 6.07. The third-order valence-electron chi connectivity index (χ3n) is 12.2. The van der Waals surface area contributed by atoms with Crippen LogP contribution in [0, 0.1) is 46.3 Å². The van der Waals surface area contributed by atoms with E-state index in [0.29, 0.717) is 15.8 Å². The lowest BCUT2D eigenvalue weighted by Crippen LogP contribution is -2.64. The second-order valence-corrected chi connectivity index (χ2v) is 17.0. The summed E-state index contributed by atoms with van der Waals surface area (Å²) in [6.07, 6.45) is 14.0. The Kier molecular flexibility index (Phi) is 8.55. The zero-order valence-corrected chi connectivity index (χ0v) is 27.5. The summed E-state index contributed by atoms with van der Waals surface area (Å²) >= 11 is 8.61. The summed E-state index contributed by atoms with van der Waals surface area (Å²) in [5.74, 6) is 4.82. The van der Waals surface area contributed by atoms with E-state index in [4.69, 9.17) is 4.74 Å². The third kappa shape index (κ3) is 4.99. The van der Waals surface area contributed by atoms with Crippen LogP contribution in [0.3, 0.4) is 0 Å². The van der Waals surface area contributed by atoms with Crippen molar-refractivity contribution in [3.8, 4) is 0 Å². The van der Waals surface area contributed by atoms with Crippen molar-refractivity contribution in [2.45, 2.75) is 121 Å². The van der Waals surface area contributed by atoms with E-state index in [2.05, 4.69) is 66.5 Å². The predicted molar refractivity (Wildman–Crippen MR) is 165 cm³/mol. The van der Waals surface area contributed by atoms with Crippen LogP contribution >= 0.6 is 31.9 Å². The van der Waals surface area contributed by atoms with Crippen LogP contribution in [0.15, 0.2) is 30.3 Å². The molecule has 0 radical (unpaired) electrons. The molecule has 4 aliphatic rings. The Morgan fingerprint density at radius 2 is 1.74 bits per heavy atom. The topological polar surface area (TPSA) is 26.3 Å². The molecule has 38 heavy (non-hydrogen) atoms.